The molecule has 0 bridgehead atoms. The summed E-state index contributed by atoms with van der Waals surface area (Å²) < 4.78 is 23.0. The van der Waals surface area contributed by atoms with Gasteiger partial charge in [0.15, 0.2) is 9.84 Å². The van der Waals surface area contributed by atoms with E-state index in [9.17, 15) is 13.2 Å². The van der Waals surface area contributed by atoms with Crippen LogP contribution < -0.4 is 5.32 Å². The van der Waals surface area contributed by atoms with Crippen LogP contribution in [0.25, 0.3) is 0 Å². The summed E-state index contributed by atoms with van der Waals surface area (Å²) in [6.45, 7) is 3.04. The molecule has 0 saturated carbocycles. The predicted molar refractivity (Wildman–Crippen MR) is 72.9 cm³/mol. The second kappa shape index (κ2) is 5.71. The number of hydrogen-bond donors (Lipinski definition) is 1. The topological polar surface area (TPSA) is 66.5 Å². The van der Waals surface area contributed by atoms with Gasteiger partial charge in [-0.05, 0) is 31.2 Å². The van der Waals surface area contributed by atoms with Gasteiger partial charge in [0.05, 0.1) is 4.90 Å². The maximum Gasteiger partial charge on any atom is 0.253 e. The highest BCUT2D eigenvalue weighted by Crippen LogP contribution is 2.13. The third-order valence-electron chi connectivity index (χ3n) is 3.14. The number of rotatable bonds is 2. The molecule has 0 aliphatic carbocycles. The quantitative estimate of drug-likeness (QED) is 0.859. The first-order chi connectivity index (χ1) is 8.98. The molecule has 1 aliphatic rings. The Balaban J connectivity index is 2.23. The molecule has 1 aliphatic heterocycles. The second-order valence-corrected chi connectivity index (χ2v) is 6.71. The van der Waals surface area contributed by atoms with E-state index in [1.807, 2.05) is 0 Å². The molecule has 0 aromatic heterocycles. The number of carbonyl (C=O) groups is 1. The van der Waals surface area contributed by atoms with Crippen molar-refractivity contribution >= 4 is 15.7 Å². The molecule has 19 heavy (non-hydrogen) atoms. The van der Waals surface area contributed by atoms with Gasteiger partial charge in [-0.25, -0.2) is 8.42 Å². The first kappa shape index (κ1) is 14.0. The van der Waals surface area contributed by atoms with Crippen molar-refractivity contribution in [1.29, 1.82) is 0 Å². The van der Waals surface area contributed by atoms with Crippen LogP contribution in [-0.2, 0) is 9.84 Å². The maximum absolute atomic E-state index is 12.3. The molecule has 1 amide bonds. The average molecular weight is 282 g/mol. The SMILES string of the molecule is CS(=O)(=O)c1cccc(C(=O)N2CCCNCC2)c1. The summed E-state index contributed by atoms with van der Waals surface area (Å²) in [6, 6.07) is 6.24. The van der Waals surface area contributed by atoms with E-state index in [4.69, 9.17) is 0 Å². The van der Waals surface area contributed by atoms with Crippen LogP contribution in [-0.4, -0.2) is 51.7 Å². The summed E-state index contributed by atoms with van der Waals surface area (Å²) in [7, 11) is -3.28. The highest BCUT2D eigenvalue weighted by molar-refractivity contribution is 7.90. The van der Waals surface area contributed by atoms with Gasteiger partial charge in [-0.15, -0.1) is 0 Å². The lowest BCUT2D eigenvalue weighted by Crippen LogP contribution is -2.34. The van der Waals surface area contributed by atoms with Crippen LogP contribution >= 0.6 is 0 Å². The van der Waals surface area contributed by atoms with Crippen molar-refractivity contribution in [2.75, 3.05) is 32.4 Å². The summed E-state index contributed by atoms with van der Waals surface area (Å²) in [5.41, 5.74) is 0.435. The van der Waals surface area contributed by atoms with E-state index in [1.165, 1.54) is 12.1 Å². The van der Waals surface area contributed by atoms with Crippen molar-refractivity contribution in [3.8, 4) is 0 Å². The fraction of sp³-hybridized carbons (Fsp3) is 0.462. The average Bonchev–Trinajstić information content (AvgIpc) is 2.66. The van der Waals surface area contributed by atoms with Gasteiger partial charge in [0, 0.05) is 31.5 Å². The summed E-state index contributed by atoms with van der Waals surface area (Å²) in [6.07, 6.45) is 2.06. The van der Waals surface area contributed by atoms with Crippen molar-refractivity contribution in [3.05, 3.63) is 29.8 Å². The van der Waals surface area contributed by atoms with Crippen LogP contribution in [0.3, 0.4) is 0 Å². The molecule has 0 radical (unpaired) electrons. The summed E-state index contributed by atoms with van der Waals surface area (Å²) in [4.78, 5) is 14.3. The van der Waals surface area contributed by atoms with Gasteiger partial charge in [0.25, 0.3) is 5.91 Å². The maximum atomic E-state index is 12.3. The van der Waals surface area contributed by atoms with Gasteiger partial charge in [-0.1, -0.05) is 6.07 Å². The molecule has 5 nitrogen and oxygen atoms in total. The Hall–Kier alpha value is -1.40. The number of nitrogens with one attached hydrogen (secondary N) is 1. The van der Waals surface area contributed by atoms with E-state index in [-0.39, 0.29) is 10.8 Å². The van der Waals surface area contributed by atoms with Gasteiger partial charge in [0.2, 0.25) is 0 Å². The van der Waals surface area contributed by atoms with Crippen LogP contribution in [0.5, 0.6) is 0 Å². The Morgan fingerprint density at radius 2 is 2.05 bits per heavy atom. The molecule has 0 unspecified atom stereocenters. The molecule has 1 fully saturated rings. The lowest BCUT2D eigenvalue weighted by molar-refractivity contribution is 0.0766. The highest BCUT2D eigenvalue weighted by Gasteiger charge is 2.18. The van der Waals surface area contributed by atoms with Crippen molar-refractivity contribution in [3.63, 3.8) is 0 Å². The zero-order valence-corrected chi connectivity index (χ0v) is 11.7. The van der Waals surface area contributed by atoms with Crippen LogP contribution in [0.4, 0.5) is 0 Å². The van der Waals surface area contributed by atoms with E-state index in [0.717, 1.165) is 25.8 Å². The molecular formula is C13H18N2O3S. The highest BCUT2D eigenvalue weighted by atomic mass is 32.2. The summed E-state index contributed by atoms with van der Waals surface area (Å²) in [5.74, 6) is -0.103. The molecule has 1 aromatic carbocycles. The molecule has 1 saturated heterocycles. The normalized spacial score (nSPS) is 17.0. The molecule has 1 heterocycles. The van der Waals surface area contributed by atoms with Crippen LogP contribution in [0.15, 0.2) is 29.2 Å². The molecule has 1 aromatic rings. The number of nitrogens with zero attached hydrogens (tertiary/aromatic N) is 1. The Morgan fingerprint density at radius 3 is 2.79 bits per heavy atom. The van der Waals surface area contributed by atoms with Gasteiger partial charge in [0.1, 0.15) is 0 Å². The minimum absolute atomic E-state index is 0.103. The predicted octanol–water partition coefficient (Wildman–Crippen LogP) is 0.526. The number of hydrogen-bond acceptors (Lipinski definition) is 4. The molecule has 0 atom stereocenters. The van der Waals surface area contributed by atoms with Crippen molar-refractivity contribution < 1.29 is 13.2 Å². The third kappa shape index (κ3) is 3.54. The fourth-order valence-electron chi connectivity index (χ4n) is 2.09. The van der Waals surface area contributed by atoms with E-state index in [0.29, 0.717) is 18.7 Å². The minimum atomic E-state index is -3.28. The molecule has 1 N–H and O–H groups in total. The number of amides is 1. The van der Waals surface area contributed by atoms with Gasteiger partial charge in [-0.3, -0.25) is 4.79 Å². The first-order valence-electron chi connectivity index (χ1n) is 6.28. The third-order valence-corrected chi connectivity index (χ3v) is 4.25. The number of carbonyl (C=O) groups excluding carboxylic acids is 1. The van der Waals surface area contributed by atoms with E-state index < -0.39 is 9.84 Å². The minimum Gasteiger partial charge on any atom is -0.337 e. The Kier molecular flexibility index (Phi) is 4.21. The monoisotopic (exact) mass is 282 g/mol. The summed E-state index contributed by atoms with van der Waals surface area (Å²) >= 11 is 0. The molecule has 2 rings (SSSR count). The lowest BCUT2D eigenvalue weighted by atomic mass is 10.2. The molecule has 104 valence electrons. The Bertz CT molecular complexity index is 561. The smallest absolute Gasteiger partial charge is 0.253 e. The van der Waals surface area contributed by atoms with Gasteiger partial charge in [-0.2, -0.15) is 0 Å². The number of sulfone groups is 1. The van der Waals surface area contributed by atoms with Crippen molar-refractivity contribution in [1.82, 2.24) is 10.2 Å². The van der Waals surface area contributed by atoms with E-state index in [2.05, 4.69) is 5.32 Å². The Morgan fingerprint density at radius 1 is 1.26 bits per heavy atom. The molecule has 0 spiro atoms. The van der Waals surface area contributed by atoms with Crippen molar-refractivity contribution in [2.24, 2.45) is 0 Å². The Labute approximate surface area is 113 Å². The van der Waals surface area contributed by atoms with Crippen LogP contribution in [0, 0.1) is 0 Å². The largest absolute Gasteiger partial charge is 0.337 e. The second-order valence-electron chi connectivity index (χ2n) is 4.70. The van der Waals surface area contributed by atoms with Gasteiger partial charge >= 0.3 is 0 Å². The summed E-state index contributed by atoms with van der Waals surface area (Å²) in [5, 5.41) is 3.23. The standard InChI is InChI=1S/C13H18N2O3S/c1-19(17,18)12-5-2-4-11(10-12)13(16)15-8-3-6-14-7-9-15/h2,4-5,10,14H,3,6-9H2,1H3. The van der Waals surface area contributed by atoms with Crippen molar-refractivity contribution in [2.45, 2.75) is 11.3 Å². The van der Waals surface area contributed by atoms with E-state index in [1.54, 1.807) is 17.0 Å². The number of benzene rings is 1. The first-order valence-corrected chi connectivity index (χ1v) is 8.18. The van der Waals surface area contributed by atoms with Crippen LogP contribution in [0.1, 0.15) is 16.8 Å². The van der Waals surface area contributed by atoms with Crippen LogP contribution in [0.2, 0.25) is 0 Å². The van der Waals surface area contributed by atoms with E-state index >= 15 is 0 Å². The lowest BCUT2D eigenvalue weighted by Gasteiger charge is -2.20. The van der Waals surface area contributed by atoms with Gasteiger partial charge < -0.3 is 10.2 Å². The zero-order valence-electron chi connectivity index (χ0n) is 10.9. The zero-order chi connectivity index (χ0) is 13.9. The fourth-order valence-corrected chi connectivity index (χ4v) is 2.76. The molecule has 6 heteroatoms. The molecular weight excluding hydrogens is 264 g/mol.